The van der Waals surface area contributed by atoms with Gasteiger partial charge < -0.3 is 14.2 Å². The van der Waals surface area contributed by atoms with Crippen LogP contribution in [0.3, 0.4) is 0 Å². The zero-order valence-corrected chi connectivity index (χ0v) is 23.4. The van der Waals surface area contributed by atoms with Crippen molar-refractivity contribution in [1.29, 1.82) is 0 Å². The van der Waals surface area contributed by atoms with Crippen LogP contribution in [0, 0.1) is 12.8 Å². The first kappa shape index (κ1) is 28.9. The Morgan fingerprint density at radius 2 is 1.61 bits per heavy atom. The van der Waals surface area contributed by atoms with Crippen LogP contribution in [0.5, 0.6) is 11.5 Å². The highest BCUT2D eigenvalue weighted by atomic mass is 79.9. The number of carbonyl (C=O) groups excluding carboxylic acids is 3. The van der Waals surface area contributed by atoms with Crippen molar-refractivity contribution >= 4 is 39.9 Å². The average Bonchev–Trinajstić information content (AvgIpc) is 2.87. The fourth-order valence-electron chi connectivity index (χ4n) is 3.39. The SMILES string of the molecule is COCC(=O)C(Cc1ccc(OC(=O)C(C)C)cc1)N=Cc1cc(Br)cc(OC(=O)c2ccc(C)cc2)c1. The number of esters is 2. The largest absolute Gasteiger partial charge is 0.426 e. The fourth-order valence-corrected chi connectivity index (χ4v) is 3.88. The van der Waals surface area contributed by atoms with Gasteiger partial charge in [-0.05, 0) is 60.5 Å². The van der Waals surface area contributed by atoms with Crippen LogP contribution in [-0.2, 0) is 20.7 Å². The fraction of sp³-hybridized carbons (Fsp3) is 0.267. The summed E-state index contributed by atoms with van der Waals surface area (Å²) in [5.41, 5.74) is 2.99. The first-order valence-electron chi connectivity index (χ1n) is 12.1. The highest BCUT2D eigenvalue weighted by molar-refractivity contribution is 9.10. The maximum absolute atomic E-state index is 12.7. The number of methoxy groups -OCH3 is 1. The van der Waals surface area contributed by atoms with Crippen molar-refractivity contribution in [1.82, 2.24) is 0 Å². The lowest BCUT2D eigenvalue weighted by Crippen LogP contribution is -2.25. The first-order chi connectivity index (χ1) is 18.1. The minimum Gasteiger partial charge on any atom is -0.426 e. The molecule has 0 fully saturated rings. The van der Waals surface area contributed by atoms with Crippen LogP contribution < -0.4 is 9.47 Å². The van der Waals surface area contributed by atoms with Gasteiger partial charge in [-0.25, -0.2) is 4.79 Å². The van der Waals surface area contributed by atoms with E-state index in [9.17, 15) is 14.4 Å². The molecule has 0 aliphatic heterocycles. The smallest absolute Gasteiger partial charge is 0.343 e. The standard InChI is InChI=1S/C30H30BrNO6/c1-19(2)29(34)37-25-11-7-21(8-12-25)15-27(28(33)18-36-4)32-17-22-13-24(31)16-26(14-22)38-30(35)23-9-5-20(3)6-10-23/h5-14,16-17,19,27H,15,18H2,1-4H3. The van der Waals surface area contributed by atoms with E-state index in [-0.39, 0.29) is 24.3 Å². The summed E-state index contributed by atoms with van der Waals surface area (Å²) in [6.07, 6.45) is 1.91. The molecule has 0 saturated heterocycles. The Hall–Kier alpha value is -3.62. The molecule has 1 atom stereocenters. The van der Waals surface area contributed by atoms with Crippen LogP contribution in [0.4, 0.5) is 0 Å². The van der Waals surface area contributed by atoms with Gasteiger partial charge >= 0.3 is 11.9 Å². The van der Waals surface area contributed by atoms with E-state index in [1.165, 1.54) is 7.11 Å². The number of aryl methyl sites for hydroxylation is 1. The number of aliphatic imine (C=N–C) groups is 1. The van der Waals surface area contributed by atoms with Crippen LogP contribution in [0.25, 0.3) is 0 Å². The minimum absolute atomic E-state index is 0.0794. The molecule has 0 amide bonds. The Balaban J connectivity index is 1.75. The Bertz CT molecular complexity index is 1300. The van der Waals surface area contributed by atoms with Gasteiger partial charge in [0.15, 0.2) is 5.78 Å². The molecule has 0 radical (unpaired) electrons. The summed E-state index contributed by atoms with van der Waals surface area (Å²) >= 11 is 3.44. The molecule has 1 unspecified atom stereocenters. The number of Topliss-reactive ketones (excluding diaryl/α,β-unsaturated/α-hetero) is 1. The van der Waals surface area contributed by atoms with Crippen molar-refractivity contribution in [2.24, 2.45) is 10.9 Å². The van der Waals surface area contributed by atoms with E-state index in [4.69, 9.17) is 14.2 Å². The summed E-state index contributed by atoms with van der Waals surface area (Å²) in [5.74, 6) is -0.407. The molecule has 3 aromatic rings. The normalized spacial score (nSPS) is 11.9. The molecule has 198 valence electrons. The summed E-state index contributed by atoms with van der Waals surface area (Å²) < 4.78 is 16.6. The second-order valence-corrected chi connectivity index (χ2v) is 10.0. The minimum atomic E-state index is -0.698. The second kappa shape index (κ2) is 13.8. The van der Waals surface area contributed by atoms with E-state index in [1.54, 1.807) is 68.6 Å². The highest BCUT2D eigenvalue weighted by Crippen LogP contribution is 2.22. The lowest BCUT2D eigenvalue weighted by molar-refractivity contribution is -0.137. The molecule has 38 heavy (non-hydrogen) atoms. The van der Waals surface area contributed by atoms with E-state index in [0.29, 0.717) is 33.5 Å². The molecule has 0 spiro atoms. The number of ether oxygens (including phenoxy) is 3. The van der Waals surface area contributed by atoms with Crippen molar-refractivity contribution < 1.29 is 28.6 Å². The van der Waals surface area contributed by atoms with Gasteiger partial charge in [-0.2, -0.15) is 0 Å². The van der Waals surface area contributed by atoms with E-state index in [1.807, 2.05) is 25.1 Å². The lowest BCUT2D eigenvalue weighted by atomic mass is 10.0. The molecular weight excluding hydrogens is 550 g/mol. The van der Waals surface area contributed by atoms with E-state index < -0.39 is 12.0 Å². The lowest BCUT2D eigenvalue weighted by Gasteiger charge is -2.12. The molecule has 0 N–H and O–H groups in total. The number of halogens is 1. The number of hydrogen-bond acceptors (Lipinski definition) is 7. The first-order valence-corrected chi connectivity index (χ1v) is 12.9. The molecule has 0 saturated carbocycles. The number of carbonyl (C=O) groups is 3. The third-order valence-electron chi connectivity index (χ3n) is 5.50. The molecule has 0 aliphatic carbocycles. The van der Waals surface area contributed by atoms with Gasteiger partial charge in [-0.1, -0.05) is 59.6 Å². The zero-order chi connectivity index (χ0) is 27.7. The van der Waals surface area contributed by atoms with Crippen molar-refractivity contribution in [3.05, 3.63) is 93.5 Å². The van der Waals surface area contributed by atoms with E-state index in [2.05, 4.69) is 20.9 Å². The van der Waals surface area contributed by atoms with Gasteiger partial charge in [0.1, 0.15) is 24.1 Å². The third kappa shape index (κ3) is 8.75. The topological polar surface area (TPSA) is 91.3 Å². The molecule has 0 bridgehead atoms. The number of ketones is 1. The van der Waals surface area contributed by atoms with Crippen LogP contribution in [0.2, 0.25) is 0 Å². The maximum atomic E-state index is 12.7. The molecule has 3 aromatic carbocycles. The van der Waals surface area contributed by atoms with Crippen LogP contribution in [0.15, 0.2) is 76.2 Å². The Labute approximate surface area is 231 Å². The molecule has 8 heteroatoms. The Morgan fingerprint density at radius 1 is 0.921 bits per heavy atom. The van der Waals surface area contributed by atoms with Gasteiger partial charge in [0.05, 0.1) is 11.5 Å². The van der Waals surface area contributed by atoms with Crippen LogP contribution in [-0.4, -0.2) is 43.7 Å². The maximum Gasteiger partial charge on any atom is 0.343 e. The number of benzene rings is 3. The monoisotopic (exact) mass is 579 g/mol. The quantitative estimate of drug-likeness (QED) is 0.162. The molecule has 0 aromatic heterocycles. The van der Waals surface area contributed by atoms with Crippen molar-refractivity contribution in [2.45, 2.75) is 33.2 Å². The van der Waals surface area contributed by atoms with Crippen LogP contribution in [0.1, 0.15) is 40.9 Å². The summed E-state index contributed by atoms with van der Waals surface area (Å²) in [6, 6.07) is 18.6. The molecule has 7 nitrogen and oxygen atoms in total. The molecule has 0 aliphatic rings. The summed E-state index contributed by atoms with van der Waals surface area (Å²) in [5, 5.41) is 0. The van der Waals surface area contributed by atoms with E-state index in [0.717, 1.165) is 11.1 Å². The zero-order valence-electron chi connectivity index (χ0n) is 21.8. The van der Waals surface area contributed by atoms with Gasteiger partial charge in [-0.3, -0.25) is 14.6 Å². The van der Waals surface area contributed by atoms with Crippen molar-refractivity contribution in [3.63, 3.8) is 0 Å². The molecule has 3 rings (SSSR count). The van der Waals surface area contributed by atoms with Gasteiger partial charge in [0.25, 0.3) is 0 Å². The van der Waals surface area contributed by atoms with Gasteiger partial charge in [0.2, 0.25) is 0 Å². The average molecular weight is 580 g/mol. The summed E-state index contributed by atoms with van der Waals surface area (Å²) in [7, 11) is 1.46. The van der Waals surface area contributed by atoms with Crippen molar-refractivity contribution in [2.75, 3.05) is 13.7 Å². The number of rotatable bonds is 11. The summed E-state index contributed by atoms with van der Waals surface area (Å²) in [6.45, 7) is 5.40. The number of hydrogen-bond donors (Lipinski definition) is 0. The predicted molar refractivity (Wildman–Crippen MR) is 149 cm³/mol. The van der Waals surface area contributed by atoms with Crippen LogP contribution >= 0.6 is 15.9 Å². The third-order valence-corrected chi connectivity index (χ3v) is 5.95. The molecular formula is C30H30BrNO6. The Kier molecular flexibility index (Phi) is 10.5. The number of nitrogens with zero attached hydrogens (tertiary/aromatic N) is 1. The second-order valence-electron chi connectivity index (χ2n) is 9.09. The van der Waals surface area contributed by atoms with Gasteiger partial charge in [0, 0.05) is 24.2 Å². The van der Waals surface area contributed by atoms with Crippen molar-refractivity contribution in [3.8, 4) is 11.5 Å². The van der Waals surface area contributed by atoms with Gasteiger partial charge in [-0.15, -0.1) is 0 Å². The Morgan fingerprint density at radius 3 is 2.24 bits per heavy atom. The summed E-state index contributed by atoms with van der Waals surface area (Å²) in [4.78, 5) is 41.6. The van der Waals surface area contributed by atoms with E-state index >= 15 is 0 Å². The highest BCUT2D eigenvalue weighted by Gasteiger charge is 2.18. The predicted octanol–water partition coefficient (Wildman–Crippen LogP) is 5.78. The molecule has 0 heterocycles.